The average molecular weight is 334 g/mol. The van der Waals surface area contributed by atoms with Crippen LogP contribution in [0.4, 0.5) is 10.5 Å². The summed E-state index contributed by atoms with van der Waals surface area (Å²) in [5.74, 6) is 0.498. The van der Waals surface area contributed by atoms with Crippen LogP contribution in [0.15, 0.2) is 24.3 Å². The first-order valence-electron chi connectivity index (χ1n) is 8.29. The fraction of sp³-hybridized carbons (Fsp3) is 0.529. The maximum atomic E-state index is 12.1. The van der Waals surface area contributed by atoms with Gasteiger partial charge in [0.1, 0.15) is 11.9 Å². The number of rotatable bonds is 7. The number of hydrogen-bond acceptors (Lipinski definition) is 4. The van der Waals surface area contributed by atoms with Gasteiger partial charge < -0.3 is 25.6 Å². The minimum atomic E-state index is -0.355. The Morgan fingerprint density at radius 3 is 2.88 bits per heavy atom. The summed E-state index contributed by atoms with van der Waals surface area (Å²) >= 11 is 0. The number of anilines is 1. The smallest absolute Gasteiger partial charge is 0.317 e. The molecule has 1 aromatic carbocycles. The molecule has 24 heavy (non-hydrogen) atoms. The third-order valence-corrected chi connectivity index (χ3v) is 4.01. The highest BCUT2D eigenvalue weighted by Gasteiger charge is 2.26. The molecule has 0 aromatic heterocycles. The standard InChI is InChI=1S/C17H26N4O3/c1-3-21-12-13(24-15-8-5-4-7-14(15)21)11-20(2)17(23)19-10-6-9-16(18)22/h4-5,7-8,13H,3,6,9-12H2,1-2H3,(H2,18,22)(H,19,23)/t13-/m0/s1. The highest BCUT2D eigenvalue weighted by molar-refractivity contribution is 5.75. The second-order valence-electron chi connectivity index (χ2n) is 5.93. The lowest BCUT2D eigenvalue weighted by Crippen LogP contribution is -2.49. The lowest BCUT2D eigenvalue weighted by molar-refractivity contribution is -0.118. The van der Waals surface area contributed by atoms with Gasteiger partial charge >= 0.3 is 6.03 Å². The number of nitrogens with one attached hydrogen (secondary N) is 1. The van der Waals surface area contributed by atoms with Crippen LogP contribution in [0.25, 0.3) is 0 Å². The largest absolute Gasteiger partial charge is 0.485 e. The summed E-state index contributed by atoms with van der Waals surface area (Å²) in [5, 5.41) is 2.78. The van der Waals surface area contributed by atoms with Gasteiger partial charge in [0.2, 0.25) is 5.91 Å². The van der Waals surface area contributed by atoms with Crippen LogP contribution in [0, 0.1) is 0 Å². The normalized spacial score (nSPS) is 16.1. The number of benzene rings is 1. The molecule has 132 valence electrons. The molecule has 0 saturated carbocycles. The number of likely N-dealkylation sites (N-methyl/N-ethyl adjacent to an activating group) is 2. The van der Waals surface area contributed by atoms with Gasteiger partial charge in [-0.3, -0.25) is 4.79 Å². The molecule has 0 radical (unpaired) electrons. The zero-order valence-electron chi connectivity index (χ0n) is 14.3. The van der Waals surface area contributed by atoms with Crippen molar-refractivity contribution in [3.63, 3.8) is 0 Å². The van der Waals surface area contributed by atoms with E-state index in [-0.39, 0.29) is 24.5 Å². The molecule has 1 aliphatic heterocycles. The summed E-state index contributed by atoms with van der Waals surface area (Å²) in [7, 11) is 1.74. The van der Waals surface area contributed by atoms with Crippen LogP contribution in [0.2, 0.25) is 0 Å². The van der Waals surface area contributed by atoms with Crippen molar-refractivity contribution in [2.45, 2.75) is 25.9 Å². The molecule has 0 bridgehead atoms. The van der Waals surface area contributed by atoms with Crippen LogP contribution in [0.5, 0.6) is 5.75 Å². The molecule has 0 saturated heterocycles. The summed E-state index contributed by atoms with van der Waals surface area (Å²) in [4.78, 5) is 26.6. The minimum Gasteiger partial charge on any atom is -0.485 e. The second kappa shape index (κ2) is 8.42. The SMILES string of the molecule is CCN1C[C@H](CN(C)C(=O)NCCCC(N)=O)Oc2ccccc21. The zero-order chi connectivity index (χ0) is 17.5. The van der Waals surface area contributed by atoms with Gasteiger partial charge in [-0.1, -0.05) is 12.1 Å². The number of nitrogens with two attached hydrogens (primary N) is 1. The van der Waals surface area contributed by atoms with E-state index >= 15 is 0 Å². The summed E-state index contributed by atoms with van der Waals surface area (Å²) in [6, 6.07) is 7.77. The molecule has 1 aromatic rings. The first kappa shape index (κ1) is 17.9. The predicted octanol–water partition coefficient (Wildman–Crippen LogP) is 1.18. The van der Waals surface area contributed by atoms with Gasteiger partial charge in [-0.05, 0) is 25.5 Å². The maximum absolute atomic E-state index is 12.1. The Hall–Kier alpha value is -2.44. The number of primary amides is 1. The van der Waals surface area contributed by atoms with E-state index in [1.54, 1.807) is 11.9 Å². The third kappa shape index (κ3) is 4.78. The van der Waals surface area contributed by atoms with Crippen LogP contribution in [0.3, 0.4) is 0 Å². The lowest BCUT2D eigenvalue weighted by Gasteiger charge is -2.37. The molecule has 0 aliphatic carbocycles. The summed E-state index contributed by atoms with van der Waals surface area (Å²) in [6.07, 6.45) is 0.741. The highest BCUT2D eigenvalue weighted by Crippen LogP contribution is 2.32. The van der Waals surface area contributed by atoms with E-state index in [4.69, 9.17) is 10.5 Å². The topological polar surface area (TPSA) is 87.9 Å². The summed E-state index contributed by atoms with van der Waals surface area (Å²) < 4.78 is 6.02. The molecule has 1 heterocycles. The minimum absolute atomic E-state index is 0.0822. The molecule has 0 fully saturated rings. The van der Waals surface area contributed by atoms with Gasteiger partial charge in [0.25, 0.3) is 0 Å². The number of carbonyl (C=O) groups is 2. The van der Waals surface area contributed by atoms with Gasteiger partial charge in [-0.25, -0.2) is 4.79 Å². The van der Waals surface area contributed by atoms with E-state index in [1.807, 2.05) is 24.3 Å². The molecule has 3 N–H and O–H groups in total. The molecular formula is C17H26N4O3. The van der Waals surface area contributed by atoms with Crippen LogP contribution >= 0.6 is 0 Å². The monoisotopic (exact) mass is 334 g/mol. The number of hydrogen-bond donors (Lipinski definition) is 2. The molecule has 1 atom stereocenters. The predicted molar refractivity (Wildman–Crippen MR) is 93.2 cm³/mol. The zero-order valence-corrected chi connectivity index (χ0v) is 14.3. The van der Waals surface area contributed by atoms with Crippen LogP contribution < -0.4 is 20.7 Å². The van der Waals surface area contributed by atoms with Gasteiger partial charge in [-0.15, -0.1) is 0 Å². The third-order valence-electron chi connectivity index (χ3n) is 4.01. The van der Waals surface area contributed by atoms with Crippen molar-refractivity contribution in [1.82, 2.24) is 10.2 Å². The number of para-hydroxylation sites is 2. The fourth-order valence-electron chi connectivity index (χ4n) is 2.75. The van der Waals surface area contributed by atoms with Crippen LogP contribution in [0.1, 0.15) is 19.8 Å². The Labute approximate surface area is 142 Å². The van der Waals surface area contributed by atoms with E-state index < -0.39 is 0 Å². The van der Waals surface area contributed by atoms with Gasteiger partial charge in [0.15, 0.2) is 0 Å². The molecule has 3 amide bonds. The molecule has 0 spiro atoms. The van der Waals surface area contributed by atoms with Gasteiger partial charge in [0, 0.05) is 26.6 Å². The number of ether oxygens (including phenoxy) is 1. The second-order valence-corrected chi connectivity index (χ2v) is 5.93. The van der Waals surface area contributed by atoms with Crippen LogP contribution in [-0.2, 0) is 4.79 Å². The van der Waals surface area contributed by atoms with E-state index in [0.29, 0.717) is 19.5 Å². The first-order valence-corrected chi connectivity index (χ1v) is 8.29. The molecule has 7 heteroatoms. The van der Waals surface area contributed by atoms with E-state index in [0.717, 1.165) is 24.5 Å². The van der Waals surface area contributed by atoms with Gasteiger partial charge in [-0.2, -0.15) is 0 Å². The number of urea groups is 1. The van der Waals surface area contributed by atoms with Crippen molar-refractivity contribution in [1.29, 1.82) is 0 Å². The van der Waals surface area contributed by atoms with Crippen molar-refractivity contribution >= 4 is 17.6 Å². The van der Waals surface area contributed by atoms with Crippen molar-refractivity contribution < 1.29 is 14.3 Å². The Morgan fingerprint density at radius 1 is 1.42 bits per heavy atom. The average Bonchev–Trinajstić information content (AvgIpc) is 2.57. The summed E-state index contributed by atoms with van der Waals surface area (Å²) in [5.41, 5.74) is 6.17. The number of carbonyl (C=O) groups excluding carboxylic acids is 2. The van der Waals surface area contributed by atoms with Crippen molar-refractivity contribution in [3.8, 4) is 5.75 Å². The first-order chi connectivity index (χ1) is 11.5. The maximum Gasteiger partial charge on any atom is 0.317 e. The quantitative estimate of drug-likeness (QED) is 0.733. The highest BCUT2D eigenvalue weighted by atomic mass is 16.5. The Morgan fingerprint density at radius 2 is 2.17 bits per heavy atom. The molecule has 7 nitrogen and oxygen atoms in total. The molecule has 1 aliphatic rings. The fourth-order valence-corrected chi connectivity index (χ4v) is 2.75. The number of nitrogens with zero attached hydrogens (tertiary/aromatic N) is 2. The van der Waals surface area contributed by atoms with E-state index in [2.05, 4.69) is 17.1 Å². The number of amides is 3. The van der Waals surface area contributed by atoms with E-state index in [9.17, 15) is 9.59 Å². The van der Waals surface area contributed by atoms with Crippen molar-refractivity contribution in [3.05, 3.63) is 24.3 Å². The van der Waals surface area contributed by atoms with Gasteiger partial charge in [0.05, 0.1) is 18.8 Å². The Balaban J connectivity index is 1.85. The molecule has 2 rings (SSSR count). The molecule has 0 unspecified atom stereocenters. The van der Waals surface area contributed by atoms with Crippen LogP contribution in [-0.4, -0.2) is 56.2 Å². The summed E-state index contributed by atoms with van der Waals surface area (Å²) in [6.45, 7) is 4.66. The number of fused-ring (bicyclic) bond motifs is 1. The van der Waals surface area contributed by atoms with Crippen molar-refractivity contribution in [2.24, 2.45) is 5.73 Å². The lowest BCUT2D eigenvalue weighted by atomic mass is 10.2. The van der Waals surface area contributed by atoms with E-state index in [1.165, 1.54) is 0 Å². The Kier molecular flexibility index (Phi) is 6.28. The van der Waals surface area contributed by atoms with Crippen molar-refractivity contribution in [2.75, 3.05) is 38.1 Å². The molecular weight excluding hydrogens is 308 g/mol. The Bertz CT molecular complexity index is 579.